The minimum absolute atomic E-state index is 0.122. The molecule has 0 atom stereocenters. The van der Waals surface area contributed by atoms with Gasteiger partial charge in [-0.1, -0.05) is 55.1 Å². The summed E-state index contributed by atoms with van der Waals surface area (Å²) in [6.45, 7) is 5.28. The maximum Gasteiger partial charge on any atom is 0.243 e. The number of benzene rings is 2. The van der Waals surface area contributed by atoms with Gasteiger partial charge in [-0.05, 0) is 34.8 Å². The van der Waals surface area contributed by atoms with Gasteiger partial charge in [-0.3, -0.25) is 9.59 Å². The van der Waals surface area contributed by atoms with E-state index in [9.17, 15) is 9.59 Å². The number of rotatable bonds is 5. The van der Waals surface area contributed by atoms with Gasteiger partial charge in [0.15, 0.2) is 0 Å². The second-order valence-corrected chi connectivity index (χ2v) is 6.20. The van der Waals surface area contributed by atoms with E-state index < -0.39 is 0 Å². The lowest BCUT2D eigenvalue weighted by molar-refractivity contribution is -0.131. The molecule has 1 aliphatic rings. The summed E-state index contributed by atoms with van der Waals surface area (Å²) in [6.07, 6.45) is 2.50. The molecule has 0 aliphatic carbocycles. The van der Waals surface area contributed by atoms with Crippen molar-refractivity contribution in [1.29, 1.82) is 0 Å². The molecule has 0 fully saturated rings. The molecule has 0 saturated carbocycles. The number of fused-ring (bicyclic) bond motifs is 1. The molecule has 0 unspecified atom stereocenters. The van der Waals surface area contributed by atoms with Gasteiger partial charge in [0.2, 0.25) is 11.8 Å². The van der Waals surface area contributed by atoms with Crippen molar-refractivity contribution in [2.24, 2.45) is 0 Å². The molecule has 0 aromatic heterocycles. The van der Waals surface area contributed by atoms with Crippen LogP contribution in [0.3, 0.4) is 0 Å². The topological polar surface area (TPSA) is 49.4 Å². The molecule has 4 nitrogen and oxygen atoms in total. The number of nitrogens with zero attached hydrogens (tertiary/aromatic N) is 1. The summed E-state index contributed by atoms with van der Waals surface area (Å²) in [7, 11) is 0. The van der Waals surface area contributed by atoms with Gasteiger partial charge < -0.3 is 10.2 Å². The summed E-state index contributed by atoms with van der Waals surface area (Å²) in [5.41, 5.74) is 4.48. The highest BCUT2D eigenvalue weighted by atomic mass is 16.2. The smallest absolute Gasteiger partial charge is 0.243 e. The predicted molar refractivity (Wildman–Crippen MR) is 97.8 cm³/mol. The van der Waals surface area contributed by atoms with Crippen LogP contribution in [0.1, 0.15) is 22.3 Å². The number of carbonyl (C=O) groups excluding carboxylic acids is 2. The van der Waals surface area contributed by atoms with Crippen LogP contribution in [0, 0.1) is 0 Å². The van der Waals surface area contributed by atoms with Crippen LogP contribution in [0.25, 0.3) is 0 Å². The van der Waals surface area contributed by atoms with Gasteiger partial charge in [0.25, 0.3) is 0 Å². The maximum atomic E-state index is 12.7. The first-order valence-electron chi connectivity index (χ1n) is 8.49. The summed E-state index contributed by atoms with van der Waals surface area (Å²) in [5.74, 6) is -0.0919. The van der Waals surface area contributed by atoms with E-state index in [4.69, 9.17) is 0 Å². The maximum absolute atomic E-state index is 12.7. The summed E-state index contributed by atoms with van der Waals surface area (Å²) >= 11 is 0. The highest BCUT2D eigenvalue weighted by Crippen LogP contribution is 2.20. The van der Waals surface area contributed by atoms with E-state index in [0.29, 0.717) is 19.5 Å². The monoisotopic (exact) mass is 334 g/mol. The first-order chi connectivity index (χ1) is 12.2. The van der Waals surface area contributed by atoms with E-state index >= 15 is 0 Å². The SMILES string of the molecule is C=CC(=O)NCc1ccccc1CC(=O)N1CCc2ccccc2C1. The minimum atomic E-state index is -0.214. The zero-order valence-corrected chi connectivity index (χ0v) is 14.2. The van der Waals surface area contributed by atoms with Gasteiger partial charge in [0.1, 0.15) is 0 Å². The lowest BCUT2D eigenvalue weighted by Crippen LogP contribution is -2.37. The van der Waals surface area contributed by atoms with Crippen molar-refractivity contribution in [2.75, 3.05) is 6.54 Å². The van der Waals surface area contributed by atoms with Crippen LogP contribution in [-0.2, 0) is 35.5 Å². The van der Waals surface area contributed by atoms with Gasteiger partial charge >= 0.3 is 0 Å². The molecule has 2 aromatic rings. The fourth-order valence-corrected chi connectivity index (χ4v) is 3.14. The van der Waals surface area contributed by atoms with Gasteiger partial charge in [-0.2, -0.15) is 0 Å². The molecule has 128 valence electrons. The molecule has 0 saturated heterocycles. The van der Waals surface area contributed by atoms with E-state index in [1.54, 1.807) is 0 Å². The average Bonchev–Trinajstić information content (AvgIpc) is 2.66. The number of hydrogen-bond acceptors (Lipinski definition) is 2. The molecule has 2 aromatic carbocycles. The van der Waals surface area contributed by atoms with Crippen molar-refractivity contribution < 1.29 is 9.59 Å². The van der Waals surface area contributed by atoms with E-state index in [1.165, 1.54) is 17.2 Å². The largest absolute Gasteiger partial charge is 0.348 e. The number of nitrogens with one attached hydrogen (secondary N) is 1. The zero-order chi connectivity index (χ0) is 17.6. The summed E-state index contributed by atoms with van der Waals surface area (Å²) < 4.78 is 0. The quantitative estimate of drug-likeness (QED) is 0.855. The third kappa shape index (κ3) is 4.15. The molecule has 1 N–H and O–H groups in total. The first kappa shape index (κ1) is 17.0. The van der Waals surface area contributed by atoms with Crippen LogP contribution in [0.4, 0.5) is 0 Å². The van der Waals surface area contributed by atoms with Crippen molar-refractivity contribution >= 4 is 11.8 Å². The standard InChI is InChI=1S/C21H22N2O2/c1-2-20(24)22-14-18-9-5-4-8-17(18)13-21(25)23-12-11-16-7-3-6-10-19(16)15-23/h2-10H,1,11-15H2,(H,22,24). The molecule has 1 aliphatic heterocycles. The number of amides is 2. The Morgan fingerprint density at radius 1 is 1.04 bits per heavy atom. The van der Waals surface area contributed by atoms with Gasteiger partial charge in [-0.15, -0.1) is 0 Å². The summed E-state index contributed by atoms with van der Waals surface area (Å²) in [5, 5.41) is 2.77. The minimum Gasteiger partial charge on any atom is -0.348 e. The molecular formula is C21H22N2O2. The van der Waals surface area contributed by atoms with E-state index in [-0.39, 0.29) is 11.8 Å². The Labute approximate surface area is 148 Å². The molecule has 0 spiro atoms. The highest BCUT2D eigenvalue weighted by Gasteiger charge is 2.21. The Balaban J connectivity index is 1.67. The Kier molecular flexibility index (Phi) is 5.29. The molecule has 0 radical (unpaired) electrons. The molecule has 2 amide bonds. The Morgan fingerprint density at radius 3 is 2.48 bits per heavy atom. The molecule has 4 heteroatoms. The molecule has 0 bridgehead atoms. The van der Waals surface area contributed by atoms with E-state index in [0.717, 1.165) is 24.1 Å². The van der Waals surface area contributed by atoms with Crippen LogP contribution in [0.15, 0.2) is 61.2 Å². The van der Waals surface area contributed by atoms with Crippen molar-refractivity contribution in [3.05, 3.63) is 83.4 Å². The Bertz CT molecular complexity index is 798. The Morgan fingerprint density at radius 2 is 1.72 bits per heavy atom. The third-order valence-corrected chi connectivity index (χ3v) is 4.58. The molecule has 1 heterocycles. The first-order valence-corrected chi connectivity index (χ1v) is 8.49. The van der Waals surface area contributed by atoms with E-state index in [1.807, 2.05) is 41.3 Å². The molecule has 25 heavy (non-hydrogen) atoms. The van der Waals surface area contributed by atoms with Crippen LogP contribution in [0.5, 0.6) is 0 Å². The lowest BCUT2D eigenvalue weighted by Gasteiger charge is -2.29. The van der Waals surface area contributed by atoms with Crippen molar-refractivity contribution in [3.63, 3.8) is 0 Å². The zero-order valence-electron chi connectivity index (χ0n) is 14.2. The third-order valence-electron chi connectivity index (χ3n) is 4.58. The van der Waals surface area contributed by atoms with Crippen molar-refractivity contribution in [1.82, 2.24) is 10.2 Å². The number of hydrogen-bond donors (Lipinski definition) is 1. The van der Waals surface area contributed by atoms with Gasteiger partial charge in [-0.25, -0.2) is 0 Å². The van der Waals surface area contributed by atoms with Crippen LogP contribution >= 0.6 is 0 Å². The molecule has 3 rings (SSSR count). The van der Waals surface area contributed by atoms with Crippen LogP contribution < -0.4 is 5.32 Å². The van der Waals surface area contributed by atoms with Crippen molar-refractivity contribution in [3.8, 4) is 0 Å². The predicted octanol–water partition coefficient (Wildman–Crippen LogP) is 2.62. The van der Waals surface area contributed by atoms with Gasteiger partial charge in [0, 0.05) is 19.6 Å². The van der Waals surface area contributed by atoms with Crippen LogP contribution in [-0.4, -0.2) is 23.3 Å². The average molecular weight is 334 g/mol. The van der Waals surface area contributed by atoms with Crippen molar-refractivity contribution in [2.45, 2.75) is 25.9 Å². The highest BCUT2D eigenvalue weighted by molar-refractivity contribution is 5.86. The number of carbonyl (C=O) groups is 2. The van der Waals surface area contributed by atoms with E-state index in [2.05, 4.69) is 24.0 Å². The fourth-order valence-electron chi connectivity index (χ4n) is 3.14. The summed E-state index contributed by atoms with van der Waals surface area (Å²) in [4.78, 5) is 26.0. The molecular weight excluding hydrogens is 312 g/mol. The second-order valence-electron chi connectivity index (χ2n) is 6.20. The van der Waals surface area contributed by atoms with Gasteiger partial charge in [0.05, 0.1) is 6.42 Å². The Hall–Kier alpha value is -2.88. The summed E-state index contributed by atoms with van der Waals surface area (Å²) in [6, 6.07) is 16.0. The fraction of sp³-hybridized carbons (Fsp3) is 0.238. The lowest BCUT2D eigenvalue weighted by atomic mass is 9.98. The second kappa shape index (κ2) is 7.79. The van der Waals surface area contributed by atoms with Crippen LogP contribution in [0.2, 0.25) is 0 Å². The normalized spacial score (nSPS) is 13.0.